The van der Waals surface area contributed by atoms with Crippen LogP contribution in [0.15, 0.2) is 0 Å². The number of carbonyl (C=O) groups excluding carboxylic acids is 1. The molecule has 0 saturated carbocycles. The molecule has 0 spiro atoms. The van der Waals surface area contributed by atoms with Crippen molar-refractivity contribution in [3.05, 3.63) is 0 Å². The van der Waals surface area contributed by atoms with E-state index in [2.05, 4.69) is 14.7 Å². The summed E-state index contributed by atoms with van der Waals surface area (Å²) in [5.74, 6) is 0.316. The van der Waals surface area contributed by atoms with Gasteiger partial charge < -0.3 is 24.6 Å². The van der Waals surface area contributed by atoms with Gasteiger partial charge in [-0.2, -0.15) is 0 Å². The first-order valence-electron chi connectivity index (χ1n) is 10.7. The highest BCUT2D eigenvalue weighted by molar-refractivity contribution is 5.78. The molecule has 30 heavy (non-hydrogen) atoms. The summed E-state index contributed by atoms with van der Waals surface area (Å²) in [5, 5.41) is 13.8. The predicted octanol–water partition coefficient (Wildman–Crippen LogP) is 0.214. The molecule has 0 aliphatic carbocycles. The van der Waals surface area contributed by atoms with Gasteiger partial charge in [-0.25, -0.2) is 0 Å². The quantitative estimate of drug-likeness (QED) is 0.602. The average Bonchev–Trinajstić information content (AvgIpc) is 3.13. The third-order valence-corrected chi connectivity index (χ3v) is 5.35. The lowest BCUT2D eigenvalue weighted by Crippen LogP contribution is -2.44. The van der Waals surface area contributed by atoms with Crippen molar-refractivity contribution < 1.29 is 34.1 Å². The monoisotopic (exact) mass is 431 g/mol. The number of ether oxygens (including phenoxy) is 2. The third-order valence-electron chi connectivity index (χ3n) is 5.35. The number of carboxylic acid groups (broad SMARTS) is 2. The molecule has 1 atom stereocenters. The van der Waals surface area contributed by atoms with Crippen LogP contribution in [0.4, 0.5) is 0 Å². The van der Waals surface area contributed by atoms with Crippen LogP contribution < -0.4 is 0 Å². The van der Waals surface area contributed by atoms with E-state index >= 15 is 0 Å². The normalized spacial score (nSPS) is 23.5. The van der Waals surface area contributed by atoms with Gasteiger partial charge >= 0.3 is 0 Å². The Balaban J connectivity index is 0.000000672. The molecule has 2 N–H and O–H groups in total. The molecule has 0 bridgehead atoms. The second kappa shape index (κ2) is 17.0. The Morgan fingerprint density at radius 3 is 2.07 bits per heavy atom. The van der Waals surface area contributed by atoms with Gasteiger partial charge in [0.2, 0.25) is 5.91 Å². The van der Waals surface area contributed by atoms with Crippen molar-refractivity contribution in [2.45, 2.75) is 38.2 Å². The van der Waals surface area contributed by atoms with Crippen molar-refractivity contribution in [3.8, 4) is 0 Å². The summed E-state index contributed by atoms with van der Waals surface area (Å²) in [6.45, 7) is 9.08. The summed E-state index contributed by atoms with van der Waals surface area (Å²) in [7, 11) is 0. The van der Waals surface area contributed by atoms with Crippen LogP contribution in [0.3, 0.4) is 0 Å². The van der Waals surface area contributed by atoms with Crippen LogP contribution in [0.2, 0.25) is 0 Å². The van der Waals surface area contributed by atoms with Gasteiger partial charge in [0, 0.05) is 26.2 Å². The standard InChI is InChI=1S/C18H33N3O3.2CH2O2/c22-18(15-19-6-3-1-2-4-7-19)21-9-5-8-20(10-11-21)14-17-16-23-12-13-24-17;2*2-1-3/h17H,1-16H2;2*1H,(H,2,3). The fourth-order valence-corrected chi connectivity index (χ4v) is 3.92. The minimum absolute atomic E-state index is 0.193. The molecule has 0 aromatic heterocycles. The van der Waals surface area contributed by atoms with Gasteiger partial charge in [0.05, 0.1) is 32.5 Å². The lowest BCUT2D eigenvalue weighted by atomic mass is 10.2. The van der Waals surface area contributed by atoms with Crippen molar-refractivity contribution in [1.82, 2.24) is 14.7 Å². The Bertz CT molecular complexity index is 461. The first kappa shape index (κ1) is 26.3. The molecule has 3 rings (SSSR count). The van der Waals surface area contributed by atoms with Crippen molar-refractivity contribution in [1.29, 1.82) is 0 Å². The van der Waals surface area contributed by atoms with Crippen molar-refractivity contribution in [2.24, 2.45) is 0 Å². The van der Waals surface area contributed by atoms with E-state index in [4.69, 9.17) is 29.3 Å². The number of amides is 1. The maximum atomic E-state index is 12.6. The molecular formula is C20H37N3O7. The fourth-order valence-electron chi connectivity index (χ4n) is 3.92. The topological polar surface area (TPSA) is 120 Å². The van der Waals surface area contributed by atoms with Crippen LogP contribution in [0, 0.1) is 0 Å². The molecule has 0 aromatic carbocycles. The summed E-state index contributed by atoms with van der Waals surface area (Å²) in [4.78, 5) is 36.2. The summed E-state index contributed by atoms with van der Waals surface area (Å²) in [6.07, 6.45) is 6.36. The third kappa shape index (κ3) is 11.4. The highest BCUT2D eigenvalue weighted by Crippen LogP contribution is 2.11. The molecule has 3 aliphatic heterocycles. The lowest BCUT2D eigenvalue weighted by molar-refractivity contribution is -0.132. The molecular weight excluding hydrogens is 394 g/mol. The first-order valence-corrected chi connectivity index (χ1v) is 10.7. The van der Waals surface area contributed by atoms with Gasteiger partial charge in [0.1, 0.15) is 0 Å². The molecule has 174 valence electrons. The minimum atomic E-state index is -0.250. The number of hydrogen-bond acceptors (Lipinski definition) is 7. The zero-order valence-electron chi connectivity index (χ0n) is 17.8. The Morgan fingerprint density at radius 1 is 0.833 bits per heavy atom. The summed E-state index contributed by atoms with van der Waals surface area (Å²) in [5.41, 5.74) is 0. The van der Waals surface area contributed by atoms with Gasteiger partial charge in [-0.05, 0) is 38.9 Å². The lowest BCUT2D eigenvalue weighted by Gasteiger charge is -2.29. The van der Waals surface area contributed by atoms with Crippen LogP contribution in [-0.2, 0) is 23.9 Å². The fraction of sp³-hybridized carbons (Fsp3) is 0.850. The molecule has 0 radical (unpaired) electrons. The molecule has 3 heterocycles. The molecule has 10 heteroatoms. The second-order valence-electron chi connectivity index (χ2n) is 7.50. The molecule has 0 aromatic rings. The molecule has 3 saturated heterocycles. The number of rotatable bonds is 4. The Kier molecular flexibility index (Phi) is 14.9. The van der Waals surface area contributed by atoms with Gasteiger partial charge in [0.15, 0.2) is 0 Å². The van der Waals surface area contributed by atoms with E-state index < -0.39 is 0 Å². The average molecular weight is 432 g/mol. The summed E-state index contributed by atoms with van der Waals surface area (Å²) in [6, 6.07) is 0. The summed E-state index contributed by atoms with van der Waals surface area (Å²) >= 11 is 0. The van der Waals surface area contributed by atoms with Crippen molar-refractivity contribution in [2.75, 3.05) is 72.2 Å². The van der Waals surface area contributed by atoms with Crippen LogP contribution in [0.1, 0.15) is 32.1 Å². The van der Waals surface area contributed by atoms with E-state index in [-0.39, 0.29) is 19.0 Å². The number of nitrogens with zero attached hydrogens (tertiary/aromatic N) is 3. The molecule has 1 unspecified atom stereocenters. The van der Waals surface area contributed by atoms with Gasteiger partial charge in [-0.3, -0.25) is 24.2 Å². The smallest absolute Gasteiger partial charge is 0.290 e. The van der Waals surface area contributed by atoms with E-state index in [0.717, 1.165) is 58.8 Å². The zero-order valence-corrected chi connectivity index (χ0v) is 17.8. The zero-order chi connectivity index (χ0) is 22.0. The van der Waals surface area contributed by atoms with Crippen molar-refractivity contribution >= 4 is 18.9 Å². The largest absolute Gasteiger partial charge is 0.483 e. The van der Waals surface area contributed by atoms with Crippen LogP contribution >= 0.6 is 0 Å². The van der Waals surface area contributed by atoms with E-state index in [9.17, 15) is 4.79 Å². The summed E-state index contributed by atoms with van der Waals surface area (Å²) < 4.78 is 11.2. The molecule has 3 aliphatic rings. The van der Waals surface area contributed by atoms with Crippen LogP contribution in [0.25, 0.3) is 0 Å². The number of hydrogen-bond donors (Lipinski definition) is 2. The first-order chi connectivity index (χ1) is 14.6. The van der Waals surface area contributed by atoms with Gasteiger partial charge in [-0.1, -0.05) is 12.8 Å². The SMILES string of the molecule is O=C(CN1CCCCCC1)N1CCCN(CC2COCCO2)CC1.O=CO.O=CO. The molecule has 10 nitrogen and oxygen atoms in total. The van der Waals surface area contributed by atoms with Crippen LogP contribution in [-0.4, -0.2) is 122 Å². The Hall–Kier alpha value is -1.75. The maximum Gasteiger partial charge on any atom is 0.290 e. The maximum absolute atomic E-state index is 12.6. The number of carbonyl (C=O) groups is 3. The highest BCUT2D eigenvalue weighted by atomic mass is 16.6. The van der Waals surface area contributed by atoms with Crippen LogP contribution in [0.5, 0.6) is 0 Å². The van der Waals surface area contributed by atoms with E-state index in [1.807, 2.05) is 0 Å². The van der Waals surface area contributed by atoms with Gasteiger partial charge in [-0.15, -0.1) is 0 Å². The van der Waals surface area contributed by atoms with Gasteiger partial charge in [0.25, 0.3) is 12.9 Å². The van der Waals surface area contributed by atoms with E-state index in [0.29, 0.717) is 25.7 Å². The van der Waals surface area contributed by atoms with E-state index in [1.165, 1.54) is 25.7 Å². The molecule has 3 fully saturated rings. The minimum Gasteiger partial charge on any atom is -0.483 e. The number of likely N-dealkylation sites (tertiary alicyclic amines) is 1. The highest BCUT2D eigenvalue weighted by Gasteiger charge is 2.24. The Morgan fingerprint density at radius 2 is 1.47 bits per heavy atom. The van der Waals surface area contributed by atoms with Crippen molar-refractivity contribution in [3.63, 3.8) is 0 Å². The second-order valence-corrected chi connectivity index (χ2v) is 7.50. The predicted molar refractivity (Wildman–Crippen MR) is 110 cm³/mol. The van der Waals surface area contributed by atoms with E-state index in [1.54, 1.807) is 0 Å². The molecule has 1 amide bonds. The Labute approximate surface area is 178 Å².